The number of sulfone groups is 1. The van der Waals surface area contributed by atoms with E-state index < -0.39 is 19.9 Å². The Bertz CT molecular complexity index is 997. The lowest BCUT2D eigenvalue weighted by Gasteiger charge is -2.37. The number of aromatic nitrogens is 1. The lowest BCUT2D eigenvalue weighted by atomic mass is 10.2. The van der Waals surface area contributed by atoms with Crippen LogP contribution in [-0.2, 0) is 19.9 Å². The second-order valence-electron chi connectivity index (χ2n) is 6.11. The molecule has 10 heteroatoms. The molecule has 1 fully saturated rings. The highest BCUT2D eigenvalue weighted by atomic mass is 32.2. The second-order valence-corrected chi connectivity index (χ2v) is 9.66. The average molecular weight is 396 g/mol. The molecule has 2 aromatic rings. The molecular formula is C16H20N4O4S2. The SMILES string of the molecule is CS(=O)(=O)c1cccnc1N1CCN(c2ccc(S(N)(=O)=O)cc2)CC1. The Kier molecular flexibility index (Phi) is 4.91. The van der Waals surface area contributed by atoms with E-state index in [-0.39, 0.29) is 9.79 Å². The Morgan fingerprint density at radius 1 is 0.923 bits per heavy atom. The standard InChI is InChI=1S/C16H20N4O4S2/c1-25(21,22)15-3-2-8-18-16(15)20-11-9-19(10-12-20)13-4-6-14(7-5-13)26(17,23)24/h2-8H,9-12H2,1H3,(H2,17,23,24). The third kappa shape index (κ3) is 3.97. The Hall–Kier alpha value is -2.17. The summed E-state index contributed by atoms with van der Waals surface area (Å²) in [6.45, 7) is 2.54. The number of nitrogens with two attached hydrogens (primary N) is 1. The third-order valence-electron chi connectivity index (χ3n) is 4.26. The van der Waals surface area contributed by atoms with Gasteiger partial charge < -0.3 is 9.80 Å². The van der Waals surface area contributed by atoms with Crippen LogP contribution in [0.2, 0.25) is 0 Å². The van der Waals surface area contributed by atoms with Gasteiger partial charge in [0.1, 0.15) is 10.7 Å². The Labute approximate surface area is 153 Å². The van der Waals surface area contributed by atoms with Gasteiger partial charge in [-0.3, -0.25) is 0 Å². The van der Waals surface area contributed by atoms with Gasteiger partial charge in [-0.05, 0) is 36.4 Å². The van der Waals surface area contributed by atoms with Gasteiger partial charge in [0.25, 0.3) is 0 Å². The number of sulfonamides is 1. The normalized spacial score (nSPS) is 15.9. The van der Waals surface area contributed by atoms with E-state index in [4.69, 9.17) is 5.14 Å². The third-order valence-corrected chi connectivity index (χ3v) is 6.31. The van der Waals surface area contributed by atoms with E-state index in [0.29, 0.717) is 32.0 Å². The summed E-state index contributed by atoms with van der Waals surface area (Å²) < 4.78 is 46.6. The quantitative estimate of drug-likeness (QED) is 0.798. The maximum absolute atomic E-state index is 12.0. The van der Waals surface area contributed by atoms with Crippen LogP contribution in [0.1, 0.15) is 0 Å². The molecule has 1 aromatic carbocycles. The number of piperazine rings is 1. The zero-order chi connectivity index (χ0) is 18.9. The van der Waals surface area contributed by atoms with Crippen LogP contribution in [0.4, 0.5) is 11.5 Å². The van der Waals surface area contributed by atoms with E-state index in [2.05, 4.69) is 9.88 Å². The van der Waals surface area contributed by atoms with Gasteiger partial charge in [-0.25, -0.2) is 27.0 Å². The minimum Gasteiger partial charge on any atom is -0.368 e. The molecule has 140 valence electrons. The summed E-state index contributed by atoms with van der Waals surface area (Å²) in [5.74, 6) is 0.472. The summed E-state index contributed by atoms with van der Waals surface area (Å²) in [5.41, 5.74) is 0.890. The first-order valence-corrected chi connectivity index (χ1v) is 11.4. The van der Waals surface area contributed by atoms with Crippen molar-refractivity contribution in [2.75, 3.05) is 42.2 Å². The number of hydrogen-bond acceptors (Lipinski definition) is 7. The number of benzene rings is 1. The van der Waals surface area contributed by atoms with Crippen molar-refractivity contribution in [2.45, 2.75) is 9.79 Å². The summed E-state index contributed by atoms with van der Waals surface area (Å²) >= 11 is 0. The number of anilines is 2. The average Bonchev–Trinajstić information content (AvgIpc) is 2.61. The molecule has 2 N–H and O–H groups in total. The van der Waals surface area contributed by atoms with Crippen LogP contribution >= 0.6 is 0 Å². The molecule has 0 atom stereocenters. The van der Waals surface area contributed by atoms with Gasteiger partial charge in [-0.15, -0.1) is 0 Å². The van der Waals surface area contributed by atoms with Crippen molar-refractivity contribution in [1.29, 1.82) is 0 Å². The molecule has 0 bridgehead atoms. The second kappa shape index (κ2) is 6.86. The van der Waals surface area contributed by atoms with E-state index in [1.54, 1.807) is 30.5 Å². The highest BCUT2D eigenvalue weighted by molar-refractivity contribution is 7.90. The summed E-state index contributed by atoms with van der Waals surface area (Å²) in [7, 11) is -7.06. The zero-order valence-electron chi connectivity index (χ0n) is 14.2. The van der Waals surface area contributed by atoms with Gasteiger partial charge in [0.2, 0.25) is 10.0 Å². The summed E-state index contributed by atoms with van der Waals surface area (Å²) in [6, 6.07) is 9.59. The van der Waals surface area contributed by atoms with Crippen LogP contribution in [-0.4, -0.2) is 54.3 Å². The Balaban J connectivity index is 1.74. The van der Waals surface area contributed by atoms with Gasteiger partial charge in [-0.1, -0.05) is 0 Å². The molecule has 0 aliphatic carbocycles. The van der Waals surface area contributed by atoms with E-state index in [0.717, 1.165) is 5.69 Å². The zero-order valence-corrected chi connectivity index (χ0v) is 15.9. The maximum Gasteiger partial charge on any atom is 0.238 e. The van der Waals surface area contributed by atoms with Crippen LogP contribution in [0.15, 0.2) is 52.4 Å². The van der Waals surface area contributed by atoms with Crippen molar-refractivity contribution in [3.05, 3.63) is 42.6 Å². The molecule has 1 aliphatic rings. The molecule has 8 nitrogen and oxygen atoms in total. The van der Waals surface area contributed by atoms with Gasteiger partial charge in [0.15, 0.2) is 9.84 Å². The van der Waals surface area contributed by atoms with Crippen LogP contribution in [0.5, 0.6) is 0 Å². The molecule has 1 saturated heterocycles. The molecular weight excluding hydrogens is 376 g/mol. The monoisotopic (exact) mass is 396 g/mol. The highest BCUT2D eigenvalue weighted by Gasteiger charge is 2.23. The van der Waals surface area contributed by atoms with E-state index >= 15 is 0 Å². The predicted octanol–water partition coefficient (Wildman–Crippen LogP) is 0.459. The van der Waals surface area contributed by atoms with Crippen LogP contribution in [0.3, 0.4) is 0 Å². The molecule has 1 aliphatic heterocycles. The number of nitrogens with zero attached hydrogens (tertiary/aromatic N) is 3. The summed E-state index contributed by atoms with van der Waals surface area (Å²) in [5, 5.41) is 5.11. The molecule has 0 radical (unpaired) electrons. The number of pyridine rings is 1. The van der Waals surface area contributed by atoms with Crippen molar-refractivity contribution in [3.63, 3.8) is 0 Å². The highest BCUT2D eigenvalue weighted by Crippen LogP contribution is 2.25. The molecule has 0 unspecified atom stereocenters. The summed E-state index contributed by atoms with van der Waals surface area (Å²) in [4.78, 5) is 8.61. The number of primary sulfonamides is 1. The topological polar surface area (TPSA) is 114 Å². The Morgan fingerprint density at radius 3 is 2.04 bits per heavy atom. The Morgan fingerprint density at radius 2 is 1.50 bits per heavy atom. The summed E-state index contributed by atoms with van der Waals surface area (Å²) in [6.07, 6.45) is 2.76. The molecule has 26 heavy (non-hydrogen) atoms. The van der Waals surface area contributed by atoms with E-state index in [1.165, 1.54) is 18.4 Å². The van der Waals surface area contributed by atoms with Gasteiger partial charge in [0.05, 0.1) is 4.90 Å². The van der Waals surface area contributed by atoms with Crippen LogP contribution in [0.25, 0.3) is 0 Å². The van der Waals surface area contributed by atoms with Crippen molar-refractivity contribution < 1.29 is 16.8 Å². The maximum atomic E-state index is 12.0. The van der Waals surface area contributed by atoms with E-state index in [9.17, 15) is 16.8 Å². The van der Waals surface area contributed by atoms with Crippen molar-refractivity contribution in [2.24, 2.45) is 5.14 Å². The smallest absolute Gasteiger partial charge is 0.238 e. The first-order chi connectivity index (χ1) is 12.2. The first kappa shape index (κ1) is 18.6. The fourth-order valence-corrected chi connectivity index (χ4v) is 4.29. The van der Waals surface area contributed by atoms with Gasteiger partial charge in [0, 0.05) is 44.3 Å². The molecule has 3 rings (SSSR count). The molecule has 1 aromatic heterocycles. The molecule has 0 amide bonds. The number of hydrogen-bond donors (Lipinski definition) is 1. The lowest BCUT2D eigenvalue weighted by Crippen LogP contribution is -2.47. The molecule has 2 heterocycles. The lowest BCUT2D eigenvalue weighted by molar-refractivity contribution is 0.595. The largest absolute Gasteiger partial charge is 0.368 e. The van der Waals surface area contributed by atoms with E-state index in [1.807, 2.05) is 4.90 Å². The van der Waals surface area contributed by atoms with Crippen LogP contribution in [0, 0.1) is 0 Å². The molecule has 0 saturated carbocycles. The minimum atomic E-state index is -3.71. The fourth-order valence-electron chi connectivity index (χ4n) is 2.93. The van der Waals surface area contributed by atoms with Gasteiger partial charge >= 0.3 is 0 Å². The van der Waals surface area contributed by atoms with Crippen molar-refractivity contribution in [3.8, 4) is 0 Å². The predicted molar refractivity (Wildman–Crippen MR) is 99.6 cm³/mol. The minimum absolute atomic E-state index is 0.0752. The first-order valence-electron chi connectivity index (χ1n) is 7.94. The fraction of sp³-hybridized carbons (Fsp3) is 0.312. The van der Waals surface area contributed by atoms with Crippen LogP contribution < -0.4 is 14.9 Å². The van der Waals surface area contributed by atoms with Crippen molar-refractivity contribution in [1.82, 2.24) is 4.98 Å². The number of rotatable bonds is 4. The van der Waals surface area contributed by atoms with Gasteiger partial charge in [-0.2, -0.15) is 0 Å². The molecule has 0 spiro atoms. The van der Waals surface area contributed by atoms with Crippen molar-refractivity contribution >= 4 is 31.4 Å².